The van der Waals surface area contributed by atoms with Gasteiger partial charge in [0.2, 0.25) is 5.91 Å². The average molecular weight is 346 g/mol. The van der Waals surface area contributed by atoms with Crippen LogP contribution in [0.4, 0.5) is 0 Å². The summed E-state index contributed by atoms with van der Waals surface area (Å²) >= 11 is 0. The van der Waals surface area contributed by atoms with E-state index in [0.717, 1.165) is 45.0 Å². The number of aromatic nitrogens is 1. The number of hydrogen-bond donors (Lipinski definition) is 1. The minimum absolute atomic E-state index is 0.129. The van der Waals surface area contributed by atoms with Gasteiger partial charge >= 0.3 is 0 Å². The lowest BCUT2D eigenvalue weighted by Gasteiger charge is -2.34. The largest absolute Gasteiger partial charge is 0.379 e. The number of likely N-dealkylation sites (tertiary alicyclic amines) is 1. The highest BCUT2D eigenvalue weighted by molar-refractivity contribution is 5.78. The van der Waals surface area contributed by atoms with E-state index in [4.69, 9.17) is 4.74 Å². The first-order valence-electron chi connectivity index (χ1n) is 9.54. The van der Waals surface area contributed by atoms with E-state index in [0.29, 0.717) is 13.1 Å². The van der Waals surface area contributed by atoms with E-state index in [1.807, 2.05) is 12.3 Å². The van der Waals surface area contributed by atoms with Crippen LogP contribution in [0.5, 0.6) is 0 Å². The van der Waals surface area contributed by atoms with Crippen molar-refractivity contribution in [2.75, 3.05) is 52.5 Å². The van der Waals surface area contributed by atoms with E-state index in [9.17, 15) is 4.79 Å². The normalized spacial score (nSPS) is 21.4. The van der Waals surface area contributed by atoms with Gasteiger partial charge in [0.15, 0.2) is 0 Å². The Labute approximate surface area is 150 Å². The third kappa shape index (κ3) is 5.76. The highest BCUT2D eigenvalue weighted by Crippen LogP contribution is 2.20. The van der Waals surface area contributed by atoms with Crippen molar-refractivity contribution < 1.29 is 9.53 Å². The van der Waals surface area contributed by atoms with Crippen LogP contribution in [0.25, 0.3) is 0 Å². The fourth-order valence-corrected chi connectivity index (χ4v) is 3.68. The second-order valence-corrected chi connectivity index (χ2v) is 6.94. The van der Waals surface area contributed by atoms with Gasteiger partial charge in [0.1, 0.15) is 0 Å². The van der Waals surface area contributed by atoms with Crippen LogP contribution >= 0.6 is 0 Å². The van der Waals surface area contributed by atoms with Crippen LogP contribution in [0, 0.1) is 0 Å². The lowest BCUT2D eigenvalue weighted by molar-refractivity contribution is -0.122. The van der Waals surface area contributed by atoms with E-state index in [1.54, 1.807) is 6.20 Å². The number of pyridine rings is 1. The summed E-state index contributed by atoms with van der Waals surface area (Å²) in [4.78, 5) is 21.4. The van der Waals surface area contributed by atoms with Crippen molar-refractivity contribution >= 4 is 5.91 Å². The van der Waals surface area contributed by atoms with Crippen LogP contribution in [0.15, 0.2) is 24.5 Å². The van der Waals surface area contributed by atoms with Gasteiger partial charge in [-0.3, -0.25) is 19.6 Å². The zero-order valence-electron chi connectivity index (χ0n) is 15.0. The maximum absolute atomic E-state index is 12.4. The van der Waals surface area contributed by atoms with Gasteiger partial charge in [-0.2, -0.15) is 0 Å². The van der Waals surface area contributed by atoms with Crippen LogP contribution in [0.2, 0.25) is 0 Å². The van der Waals surface area contributed by atoms with E-state index in [-0.39, 0.29) is 11.9 Å². The quantitative estimate of drug-likeness (QED) is 0.845. The molecule has 6 nitrogen and oxygen atoms in total. The van der Waals surface area contributed by atoms with Crippen LogP contribution in [-0.4, -0.2) is 73.2 Å². The molecule has 0 bridgehead atoms. The number of nitrogens with zero attached hydrogens (tertiary/aromatic N) is 3. The van der Waals surface area contributed by atoms with Crippen LogP contribution in [0.1, 0.15) is 37.3 Å². The van der Waals surface area contributed by atoms with Crippen molar-refractivity contribution in [2.24, 2.45) is 0 Å². The number of morpholine rings is 1. The van der Waals surface area contributed by atoms with Crippen molar-refractivity contribution in [1.82, 2.24) is 20.1 Å². The predicted octanol–water partition coefficient (Wildman–Crippen LogP) is 1.45. The Morgan fingerprint density at radius 2 is 1.92 bits per heavy atom. The molecule has 1 unspecified atom stereocenters. The summed E-state index contributed by atoms with van der Waals surface area (Å²) in [7, 11) is 0. The Morgan fingerprint density at radius 3 is 2.60 bits per heavy atom. The monoisotopic (exact) mass is 346 g/mol. The van der Waals surface area contributed by atoms with E-state index in [2.05, 4.69) is 26.2 Å². The molecule has 6 heteroatoms. The summed E-state index contributed by atoms with van der Waals surface area (Å²) in [5.41, 5.74) is 1.15. The Hall–Kier alpha value is -1.50. The molecule has 1 atom stereocenters. The van der Waals surface area contributed by atoms with Gasteiger partial charge in [-0.1, -0.05) is 18.9 Å². The maximum Gasteiger partial charge on any atom is 0.234 e. The first-order chi connectivity index (χ1) is 12.3. The Balaban J connectivity index is 1.55. The standard InChI is InChI=1S/C19H30N4O2/c24-19(16-22-8-3-1-2-4-9-22)21-15-18(17-6-5-7-20-14-17)23-10-12-25-13-11-23/h5-7,14,18H,1-4,8-13,15-16H2,(H,21,24). The molecule has 3 heterocycles. The van der Waals surface area contributed by atoms with Crippen molar-refractivity contribution in [3.63, 3.8) is 0 Å². The number of hydrogen-bond acceptors (Lipinski definition) is 5. The molecule has 2 saturated heterocycles. The van der Waals surface area contributed by atoms with E-state index < -0.39 is 0 Å². The van der Waals surface area contributed by atoms with E-state index >= 15 is 0 Å². The maximum atomic E-state index is 12.4. The van der Waals surface area contributed by atoms with Crippen molar-refractivity contribution in [1.29, 1.82) is 0 Å². The van der Waals surface area contributed by atoms with Crippen molar-refractivity contribution in [2.45, 2.75) is 31.7 Å². The molecule has 1 aromatic rings. The zero-order chi connectivity index (χ0) is 17.3. The number of rotatable bonds is 6. The predicted molar refractivity (Wildman–Crippen MR) is 97.3 cm³/mol. The van der Waals surface area contributed by atoms with Crippen LogP contribution < -0.4 is 5.32 Å². The van der Waals surface area contributed by atoms with Crippen LogP contribution in [-0.2, 0) is 9.53 Å². The molecule has 0 radical (unpaired) electrons. The van der Waals surface area contributed by atoms with Gasteiger partial charge in [-0.25, -0.2) is 0 Å². The molecule has 25 heavy (non-hydrogen) atoms. The molecule has 2 aliphatic heterocycles. The molecule has 0 aliphatic carbocycles. The number of carbonyl (C=O) groups is 1. The molecule has 2 aliphatic rings. The van der Waals surface area contributed by atoms with E-state index in [1.165, 1.54) is 25.7 Å². The molecule has 1 amide bonds. The zero-order valence-corrected chi connectivity index (χ0v) is 15.0. The molecule has 0 spiro atoms. The second-order valence-electron chi connectivity index (χ2n) is 6.94. The van der Waals surface area contributed by atoms with Gasteiger partial charge in [-0.05, 0) is 37.6 Å². The Morgan fingerprint density at radius 1 is 1.16 bits per heavy atom. The summed E-state index contributed by atoms with van der Waals surface area (Å²) in [6, 6.07) is 4.21. The number of ether oxygens (including phenoxy) is 1. The third-order valence-corrected chi connectivity index (χ3v) is 5.11. The minimum Gasteiger partial charge on any atom is -0.379 e. The van der Waals surface area contributed by atoms with Crippen molar-refractivity contribution in [3.8, 4) is 0 Å². The minimum atomic E-state index is 0.129. The smallest absolute Gasteiger partial charge is 0.234 e. The molecular formula is C19H30N4O2. The van der Waals surface area contributed by atoms with Gasteiger partial charge < -0.3 is 10.1 Å². The summed E-state index contributed by atoms with van der Waals surface area (Å²) in [6.07, 6.45) is 8.69. The van der Waals surface area contributed by atoms with Gasteiger partial charge in [0.05, 0.1) is 25.8 Å². The first-order valence-corrected chi connectivity index (χ1v) is 9.54. The highest BCUT2D eigenvalue weighted by atomic mass is 16.5. The lowest BCUT2D eigenvalue weighted by Crippen LogP contribution is -2.45. The van der Waals surface area contributed by atoms with Gasteiger partial charge in [0, 0.05) is 32.0 Å². The fourth-order valence-electron chi connectivity index (χ4n) is 3.68. The summed E-state index contributed by atoms with van der Waals surface area (Å²) in [5, 5.41) is 3.16. The molecule has 1 N–H and O–H groups in total. The SMILES string of the molecule is O=C(CN1CCCCCC1)NCC(c1cccnc1)N1CCOCC1. The molecule has 138 valence electrons. The number of carbonyl (C=O) groups excluding carboxylic acids is 1. The molecule has 0 saturated carbocycles. The molecule has 0 aromatic carbocycles. The Kier molecular flexibility index (Phi) is 7.21. The summed E-state index contributed by atoms with van der Waals surface area (Å²) in [5.74, 6) is 0.129. The molecule has 1 aromatic heterocycles. The number of amides is 1. The number of nitrogens with one attached hydrogen (secondary N) is 1. The topological polar surface area (TPSA) is 57.7 Å². The van der Waals surface area contributed by atoms with Crippen molar-refractivity contribution in [3.05, 3.63) is 30.1 Å². The average Bonchev–Trinajstić information content (AvgIpc) is 2.92. The van der Waals surface area contributed by atoms with Gasteiger partial charge in [0.25, 0.3) is 0 Å². The summed E-state index contributed by atoms with van der Waals surface area (Å²) in [6.45, 7) is 6.51. The fraction of sp³-hybridized carbons (Fsp3) is 0.684. The molecular weight excluding hydrogens is 316 g/mol. The highest BCUT2D eigenvalue weighted by Gasteiger charge is 2.23. The third-order valence-electron chi connectivity index (χ3n) is 5.11. The lowest BCUT2D eigenvalue weighted by atomic mass is 10.1. The molecule has 3 rings (SSSR count). The van der Waals surface area contributed by atoms with Gasteiger partial charge in [-0.15, -0.1) is 0 Å². The Bertz CT molecular complexity index is 511. The van der Waals surface area contributed by atoms with Crippen LogP contribution in [0.3, 0.4) is 0 Å². The second kappa shape index (κ2) is 9.85. The first kappa shape index (κ1) is 18.3. The molecule has 2 fully saturated rings. The summed E-state index contributed by atoms with van der Waals surface area (Å²) < 4.78 is 5.47.